The second-order valence-electron chi connectivity index (χ2n) is 5.27. The number of alkyl halides is 3. The highest BCUT2D eigenvalue weighted by Crippen LogP contribution is 2.25. The zero-order chi connectivity index (χ0) is 19.4. The quantitative estimate of drug-likeness (QED) is 0.697. The third kappa shape index (κ3) is 5.20. The van der Waals surface area contributed by atoms with Gasteiger partial charge >= 0.3 is 6.36 Å². The molecule has 0 radical (unpaired) electrons. The molecular formula is C17H11ClF3N3O3. The zero-order valence-electron chi connectivity index (χ0n) is 13.5. The van der Waals surface area contributed by atoms with Crippen molar-refractivity contribution < 1.29 is 27.2 Å². The summed E-state index contributed by atoms with van der Waals surface area (Å²) in [5, 5.41) is 6.86. The summed E-state index contributed by atoms with van der Waals surface area (Å²) in [4.78, 5) is 16.1. The fourth-order valence-electron chi connectivity index (χ4n) is 2.11. The van der Waals surface area contributed by atoms with Crippen LogP contribution in [0.2, 0.25) is 5.02 Å². The molecule has 3 rings (SSSR count). The van der Waals surface area contributed by atoms with Crippen molar-refractivity contribution in [3.63, 3.8) is 0 Å². The summed E-state index contributed by atoms with van der Waals surface area (Å²) < 4.78 is 45.3. The van der Waals surface area contributed by atoms with E-state index in [0.717, 1.165) is 12.1 Å². The standard InChI is InChI=1S/C17H11ClF3N3O3/c18-12-5-1-11(2-6-12)16(25)22-9-14-23-15(24-27-14)10-3-7-13(8-4-10)26-17(19,20)21/h1-8H,9H2,(H,22,25). The first kappa shape index (κ1) is 18.7. The molecule has 0 saturated heterocycles. The van der Waals surface area contributed by atoms with Gasteiger partial charge in [-0.1, -0.05) is 16.8 Å². The predicted octanol–water partition coefficient (Wildman–Crippen LogP) is 4.22. The first-order valence-electron chi connectivity index (χ1n) is 7.53. The monoisotopic (exact) mass is 397 g/mol. The molecule has 1 amide bonds. The van der Waals surface area contributed by atoms with Crippen LogP contribution in [0.25, 0.3) is 11.4 Å². The number of benzene rings is 2. The van der Waals surface area contributed by atoms with Crippen LogP contribution < -0.4 is 10.1 Å². The average Bonchev–Trinajstić information content (AvgIpc) is 3.08. The Morgan fingerprint density at radius 2 is 1.78 bits per heavy atom. The Balaban J connectivity index is 1.61. The van der Waals surface area contributed by atoms with E-state index >= 15 is 0 Å². The van der Waals surface area contributed by atoms with Gasteiger partial charge in [0.05, 0.1) is 6.54 Å². The summed E-state index contributed by atoms with van der Waals surface area (Å²) in [7, 11) is 0. The second-order valence-corrected chi connectivity index (χ2v) is 5.71. The molecule has 0 fully saturated rings. The Morgan fingerprint density at radius 1 is 1.11 bits per heavy atom. The van der Waals surface area contributed by atoms with Gasteiger partial charge in [-0.2, -0.15) is 4.98 Å². The highest BCUT2D eigenvalue weighted by Gasteiger charge is 2.31. The van der Waals surface area contributed by atoms with Crippen LogP contribution in [-0.4, -0.2) is 22.4 Å². The largest absolute Gasteiger partial charge is 0.573 e. The van der Waals surface area contributed by atoms with E-state index < -0.39 is 6.36 Å². The average molecular weight is 398 g/mol. The molecule has 1 aromatic heterocycles. The lowest BCUT2D eigenvalue weighted by atomic mass is 10.2. The van der Waals surface area contributed by atoms with Gasteiger partial charge < -0.3 is 14.6 Å². The second kappa shape index (κ2) is 7.67. The van der Waals surface area contributed by atoms with Crippen molar-refractivity contribution >= 4 is 17.5 Å². The highest BCUT2D eigenvalue weighted by molar-refractivity contribution is 6.30. The smallest absolute Gasteiger partial charge is 0.406 e. The molecule has 1 heterocycles. The molecule has 0 aliphatic rings. The maximum absolute atomic E-state index is 12.2. The van der Waals surface area contributed by atoms with Gasteiger partial charge in [-0.05, 0) is 48.5 Å². The first-order valence-corrected chi connectivity index (χ1v) is 7.90. The number of ether oxygens (including phenoxy) is 1. The molecule has 0 aliphatic carbocycles. The Bertz CT molecular complexity index is 925. The Kier molecular flexibility index (Phi) is 5.31. The number of carbonyl (C=O) groups excluding carboxylic acids is 1. The lowest BCUT2D eigenvalue weighted by molar-refractivity contribution is -0.274. The summed E-state index contributed by atoms with van der Waals surface area (Å²) in [5.74, 6) is -0.391. The van der Waals surface area contributed by atoms with Crippen LogP contribution in [0, 0.1) is 0 Å². The fraction of sp³-hybridized carbons (Fsp3) is 0.118. The van der Waals surface area contributed by atoms with Crippen LogP contribution >= 0.6 is 11.6 Å². The molecule has 0 spiro atoms. The van der Waals surface area contributed by atoms with Crippen molar-refractivity contribution in [1.29, 1.82) is 0 Å². The van der Waals surface area contributed by atoms with E-state index in [1.165, 1.54) is 12.1 Å². The fourth-order valence-corrected chi connectivity index (χ4v) is 2.23. The van der Waals surface area contributed by atoms with E-state index in [-0.39, 0.29) is 29.9 Å². The minimum Gasteiger partial charge on any atom is -0.406 e. The molecule has 1 N–H and O–H groups in total. The van der Waals surface area contributed by atoms with Gasteiger partial charge in [0.2, 0.25) is 11.7 Å². The summed E-state index contributed by atoms with van der Waals surface area (Å²) >= 11 is 5.76. The zero-order valence-corrected chi connectivity index (χ0v) is 14.2. The van der Waals surface area contributed by atoms with Crippen LogP contribution in [0.1, 0.15) is 16.2 Å². The van der Waals surface area contributed by atoms with Gasteiger partial charge in [0.15, 0.2) is 0 Å². The SMILES string of the molecule is O=C(NCc1nc(-c2ccc(OC(F)(F)F)cc2)no1)c1ccc(Cl)cc1. The summed E-state index contributed by atoms with van der Waals surface area (Å²) in [6.45, 7) is -0.0102. The number of carbonyl (C=O) groups is 1. The van der Waals surface area contributed by atoms with Crippen molar-refractivity contribution in [1.82, 2.24) is 15.5 Å². The number of amides is 1. The van der Waals surface area contributed by atoms with Crippen molar-refractivity contribution in [2.24, 2.45) is 0 Å². The van der Waals surface area contributed by atoms with Crippen molar-refractivity contribution in [2.45, 2.75) is 12.9 Å². The van der Waals surface area contributed by atoms with Crippen molar-refractivity contribution in [3.05, 3.63) is 65.0 Å². The lowest BCUT2D eigenvalue weighted by Gasteiger charge is -2.08. The molecule has 3 aromatic rings. The van der Waals surface area contributed by atoms with Crippen LogP contribution in [0.3, 0.4) is 0 Å². The maximum Gasteiger partial charge on any atom is 0.573 e. The molecule has 2 aromatic carbocycles. The molecule has 0 aliphatic heterocycles. The number of aromatic nitrogens is 2. The molecule has 6 nitrogen and oxygen atoms in total. The van der Waals surface area contributed by atoms with Crippen LogP contribution in [0.5, 0.6) is 5.75 Å². The van der Waals surface area contributed by atoms with Gasteiger partial charge in [-0.25, -0.2) is 0 Å². The molecule has 0 saturated carbocycles. The first-order chi connectivity index (χ1) is 12.8. The van der Waals surface area contributed by atoms with Crippen molar-refractivity contribution in [3.8, 4) is 17.1 Å². The van der Waals surface area contributed by atoms with E-state index in [0.29, 0.717) is 16.1 Å². The molecule has 0 unspecified atom stereocenters. The summed E-state index contributed by atoms with van der Waals surface area (Å²) in [6.07, 6.45) is -4.76. The van der Waals surface area contributed by atoms with Gasteiger partial charge in [0.25, 0.3) is 5.91 Å². The minimum atomic E-state index is -4.76. The third-order valence-electron chi connectivity index (χ3n) is 3.32. The maximum atomic E-state index is 12.2. The Labute approximate surface area is 155 Å². The van der Waals surface area contributed by atoms with E-state index in [9.17, 15) is 18.0 Å². The number of rotatable bonds is 5. The molecule has 27 heavy (non-hydrogen) atoms. The highest BCUT2D eigenvalue weighted by atomic mass is 35.5. The Hall–Kier alpha value is -3.07. The lowest BCUT2D eigenvalue weighted by Crippen LogP contribution is -2.22. The third-order valence-corrected chi connectivity index (χ3v) is 3.57. The summed E-state index contributed by atoms with van der Waals surface area (Å²) in [5.41, 5.74) is 0.850. The topological polar surface area (TPSA) is 77.2 Å². The minimum absolute atomic E-state index is 0.0102. The van der Waals surface area contributed by atoms with Crippen LogP contribution in [-0.2, 0) is 6.54 Å². The molecule has 0 bridgehead atoms. The van der Waals surface area contributed by atoms with Gasteiger partial charge in [-0.15, -0.1) is 13.2 Å². The Morgan fingerprint density at radius 3 is 2.41 bits per heavy atom. The van der Waals surface area contributed by atoms with E-state index in [4.69, 9.17) is 16.1 Å². The molecule has 0 atom stereocenters. The normalized spacial score (nSPS) is 11.3. The number of hydrogen-bond donors (Lipinski definition) is 1. The number of nitrogens with zero attached hydrogens (tertiary/aromatic N) is 2. The van der Waals surface area contributed by atoms with E-state index in [2.05, 4.69) is 20.2 Å². The molecule has 140 valence electrons. The van der Waals surface area contributed by atoms with E-state index in [1.54, 1.807) is 24.3 Å². The van der Waals surface area contributed by atoms with Gasteiger partial charge in [0, 0.05) is 16.1 Å². The van der Waals surface area contributed by atoms with Crippen LogP contribution in [0.15, 0.2) is 53.1 Å². The van der Waals surface area contributed by atoms with Gasteiger partial charge in [0.1, 0.15) is 5.75 Å². The van der Waals surface area contributed by atoms with Crippen molar-refractivity contribution in [2.75, 3.05) is 0 Å². The number of hydrogen-bond acceptors (Lipinski definition) is 5. The summed E-state index contributed by atoms with van der Waals surface area (Å²) in [6, 6.07) is 11.3. The predicted molar refractivity (Wildman–Crippen MR) is 89.0 cm³/mol. The van der Waals surface area contributed by atoms with Crippen LogP contribution in [0.4, 0.5) is 13.2 Å². The molecule has 10 heteroatoms. The number of nitrogens with one attached hydrogen (secondary N) is 1. The molecular weight excluding hydrogens is 387 g/mol. The number of halogens is 4. The van der Waals surface area contributed by atoms with Gasteiger partial charge in [-0.3, -0.25) is 4.79 Å². The van der Waals surface area contributed by atoms with E-state index in [1.807, 2.05) is 0 Å².